The van der Waals surface area contributed by atoms with Crippen molar-refractivity contribution in [2.45, 2.75) is 0 Å². The zero-order valence-corrected chi connectivity index (χ0v) is 16.1. The van der Waals surface area contributed by atoms with Crippen molar-refractivity contribution in [3.8, 4) is 11.5 Å². The first-order valence-electron chi connectivity index (χ1n) is 9.17. The number of anilines is 1. The van der Waals surface area contributed by atoms with Crippen LogP contribution >= 0.6 is 0 Å². The highest BCUT2D eigenvalue weighted by Gasteiger charge is 2.08. The summed E-state index contributed by atoms with van der Waals surface area (Å²) in [6.07, 6.45) is 0. The van der Waals surface area contributed by atoms with E-state index in [1.807, 2.05) is 24.3 Å². The monoisotopic (exact) mass is 390 g/mol. The number of hydrogen-bond donors (Lipinski definition) is 2. The van der Waals surface area contributed by atoms with Gasteiger partial charge in [-0.1, -0.05) is 24.3 Å². The number of carbonyl (C=O) groups excluding carboxylic acids is 2. The van der Waals surface area contributed by atoms with Crippen LogP contribution in [0.5, 0.6) is 11.5 Å². The molecule has 0 radical (unpaired) electrons. The van der Waals surface area contributed by atoms with Crippen molar-refractivity contribution in [3.63, 3.8) is 0 Å². The predicted molar refractivity (Wildman–Crippen MR) is 112 cm³/mol. The minimum Gasteiger partial charge on any atom is -0.497 e. The Morgan fingerprint density at radius 1 is 0.793 bits per heavy atom. The third-order valence-electron chi connectivity index (χ3n) is 4.14. The Bertz CT molecular complexity index is 956. The van der Waals surface area contributed by atoms with Crippen molar-refractivity contribution in [3.05, 3.63) is 90.0 Å². The summed E-state index contributed by atoms with van der Waals surface area (Å²) < 4.78 is 10.7. The van der Waals surface area contributed by atoms with Crippen LogP contribution in [-0.4, -0.2) is 32.1 Å². The lowest BCUT2D eigenvalue weighted by atomic mass is 10.1. The van der Waals surface area contributed by atoms with Crippen molar-refractivity contribution >= 4 is 17.5 Å². The third kappa shape index (κ3) is 5.84. The molecule has 29 heavy (non-hydrogen) atoms. The lowest BCUT2D eigenvalue weighted by Gasteiger charge is -2.09. The standard InChI is InChI=1S/C23H22N2O4/c1-28-20-8-5-9-21(16-20)29-15-14-24-22(26)18-10-12-19(13-11-18)25-23(27)17-6-3-2-4-7-17/h2-13,16H,14-15H2,1H3,(H,24,26)(H,25,27). The fraction of sp³-hybridized carbons (Fsp3) is 0.130. The number of amides is 2. The van der Waals surface area contributed by atoms with Gasteiger partial charge in [0, 0.05) is 22.9 Å². The molecule has 6 heteroatoms. The Balaban J connectivity index is 1.45. The molecule has 0 aliphatic rings. The Morgan fingerprint density at radius 3 is 2.21 bits per heavy atom. The van der Waals surface area contributed by atoms with E-state index >= 15 is 0 Å². The minimum atomic E-state index is -0.208. The van der Waals surface area contributed by atoms with Gasteiger partial charge in [-0.3, -0.25) is 9.59 Å². The van der Waals surface area contributed by atoms with Gasteiger partial charge < -0.3 is 20.1 Å². The Kier molecular flexibility index (Phi) is 6.84. The second-order valence-corrected chi connectivity index (χ2v) is 6.18. The molecule has 2 amide bonds. The van der Waals surface area contributed by atoms with Crippen LogP contribution in [0.15, 0.2) is 78.9 Å². The number of rotatable bonds is 8. The third-order valence-corrected chi connectivity index (χ3v) is 4.14. The van der Waals surface area contributed by atoms with Crippen molar-refractivity contribution in [2.75, 3.05) is 25.6 Å². The van der Waals surface area contributed by atoms with Gasteiger partial charge in [0.1, 0.15) is 18.1 Å². The molecule has 3 aromatic rings. The van der Waals surface area contributed by atoms with Gasteiger partial charge in [0.05, 0.1) is 13.7 Å². The van der Waals surface area contributed by atoms with Crippen LogP contribution in [0.2, 0.25) is 0 Å². The normalized spacial score (nSPS) is 10.1. The summed E-state index contributed by atoms with van der Waals surface area (Å²) >= 11 is 0. The van der Waals surface area contributed by atoms with E-state index < -0.39 is 0 Å². The maximum absolute atomic E-state index is 12.2. The zero-order chi connectivity index (χ0) is 20.5. The molecule has 3 rings (SSSR count). The molecule has 0 aliphatic carbocycles. The summed E-state index contributed by atoms with van der Waals surface area (Å²) in [5.41, 5.74) is 1.70. The van der Waals surface area contributed by atoms with Crippen molar-refractivity contribution in [1.29, 1.82) is 0 Å². The molecule has 0 unspecified atom stereocenters. The second kappa shape index (κ2) is 9.94. The van der Waals surface area contributed by atoms with Gasteiger partial charge in [-0.05, 0) is 48.5 Å². The van der Waals surface area contributed by atoms with Gasteiger partial charge in [0.2, 0.25) is 0 Å². The Morgan fingerprint density at radius 2 is 1.48 bits per heavy atom. The molecule has 0 bridgehead atoms. The van der Waals surface area contributed by atoms with Crippen LogP contribution in [0.25, 0.3) is 0 Å². The molecule has 0 aliphatic heterocycles. The van der Waals surface area contributed by atoms with Gasteiger partial charge in [0.15, 0.2) is 0 Å². The summed E-state index contributed by atoms with van der Waals surface area (Å²) in [5, 5.41) is 5.60. The minimum absolute atomic E-state index is 0.197. The first-order chi connectivity index (χ1) is 14.2. The molecular formula is C23H22N2O4. The van der Waals surface area contributed by atoms with Gasteiger partial charge in [-0.2, -0.15) is 0 Å². The molecule has 0 spiro atoms. The molecule has 0 fully saturated rings. The van der Waals surface area contributed by atoms with Crippen molar-refractivity contribution in [2.24, 2.45) is 0 Å². The smallest absolute Gasteiger partial charge is 0.255 e. The molecule has 0 atom stereocenters. The number of carbonyl (C=O) groups is 2. The quantitative estimate of drug-likeness (QED) is 0.574. The summed E-state index contributed by atoms with van der Waals surface area (Å²) in [6, 6.07) is 23.0. The number of nitrogens with one attached hydrogen (secondary N) is 2. The Hall–Kier alpha value is -3.80. The molecule has 0 saturated heterocycles. The first kappa shape index (κ1) is 19.9. The molecule has 0 aromatic heterocycles. The van der Waals surface area contributed by atoms with E-state index in [1.165, 1.54) is 0 Å². The fourth-order valence-corrected chi connectivity index (χ4v) is 2.62. The zero-order valence-electron chi connectivity index (χ0n) is 16.1. The van der Waals surface area contributed by atoms with Gasteiger partial charge in [-0.25, -0.2) is 0 Å². The average molecular weight is 390 g/mol. The number of methoxy groups -OCH3 is 1. The van der Waals surface area contributed by atoms with E-state index in [0.717, 1.165) is 0 Å². The second-order valence-electron chi connectivity index (χ2n) is 6.18. The average Bonchev–Trinajstić information content (AvgIpc) is 2.78. The van der Waals surface area contributed by atoms with E-state index in [2.05, 4.69) is 10.6 Å². The Labute approximate surface area is 169 Å². The van der Waals surface area contributed by atoms with E-state index in [1.54, 1.807) is 61.7 Å². The van der Waals surface area contributed by atoms with E-state index in [-0.39, 0.29) is 11.8 Å². The highest BCUT2D eigenvalue weighted by atomic mass is 16.5. The van der Waals surface area contributed by atoms with E-state index in [4.69, 9.17) is 9.47 Å². The van der Waals surface area contributed by atoms with Crippen LogP contribution in [0.4, 0.5) is 5.69 Å². The SMILES string of the molecule is COc1cccc(OCCNC(=O)c2ccc(NC(=O)c3ccccc3)cc2)c1. The van der Waals surface area contributed by atoms with Crippen LogP contribution < -0.4 is 20.1 Å². The van der Waals surface area contributed by atoms with Crippen molar-refractivity contribution < 1.29 is 19.1 Å². The van der Waals surface area contributed by atoms with Crippen molar-refractivity contribution in [1.82, 2.24) is 5.32 Å². The van der Waals surface area contributed by atoms with Gasteiger partial charge in [-0.15, -0.1) is 0 Å². The van der Waals surface area contributed by atoms with Crippen LogP contribution in [-0.2, 0) is 0 Å². The van der Waals surface area contributed by atoms with E-state index in [0.29, 0.717) is 41.5 Å². The maximum Gasteiger partial charge on any atom is 0.255 e. The van der Waals surface area contributed by atoms with E-state index in [9.17, 15) is 9.59 Å². The summed E-state index contributed by atoms with van der Waals surface area (Å²) in [7, 11) is 1.59. The lowest BCUT2D eigenvalue weighted by molar-refractivity contribution is 0.0946. The summed E-state index contributed by atoms with van der Waals surface area (Å²) in [4.78, 5) is 24.4. The van der Waals surface area contributed by atoms with Gasteiger partial charge >= 0.3 is 0 Å². The predicted octanol–water partition coefficient (Wildman–Crippen LogP) is 3.76. The van der Waals surface area contributed by atoms with Crippen LogP contribution in [0, 0.1) is 0 Å². The molecule has 0 heterocycles. The number of ether oxygens (including phenoxy) is 2. The maximum atomic E-state index is 12.2. The van der Waals surface area contributed by atoms with Crippen LogP contribution in [0.3, 0.4) is 0 Å². The lowest BCUT2D eigenvalue weighted by Crippen LogP contribution is -2.28. The summed E-state index contributed by atoms with van der Waals surface area (Å²) in [5.74, 6) is 0.987. The van der Waals surface area contributed by atoms with Crippen LogP contribution in [0.1, 0.15) is 20.7 Å². The summed E-state index contributed by atoms with van der Waals surface area (Å²) in [6.45, 7) is 0.701. The molecule has 3 aromatic carbocycles. The van der Waals surface area contributed by atoms with Gasteiger partial charge in [0.25, 0.3) is 11.8 Å². The molecular weight excluding hydrogens is 368 g/mol. The number of benzene rings is 3. The molecule has 2 N–H and O–H groups in total. The number of hydrogen-bond acceptors (Lipinski definition) is 4. The molecule has 6 nitrogen and oxygen atoms in total. The first-order valence-corrected chi connectivity index (χ1v) is 9.17. The highest BCUT2D eigenvalue weighted by molar-refractivity contribution is 6.04. The molecule has 0 saturated carbocycles. The largest absolute Gasteiger partial charge is 0.497 e. The fourth-order valence-electron chi connectivity index (χ4n) is 2.62. The topological polar surface area (TPSA) is 76.7 Å². The molecule has 148 valence electrons. The highest BCUT2D eigenvalue weighted by Crippen LogP contribution is 2.18.